The minimum atomic E-state index is -4.46. The van der Waals surface area contributed by atoms with Crippen molar-refractivity contribution in [2.24, 2.45) is 5.10 Å². The first-order valence-corrected chi connectivity index (χ1v) is 11.4. The molecule has 0 fully saturated rings. The number of halogens is 3. The molecule has 7 heteroatoms. The molecule has 0 spiro atoms. The minimum Gasteiger partial charge on any atom is -0.267 e. The summed E-state index contributed by atoms with van der Waals surface area (Å²) in [7, 11) is 0. The maximum Gasteiger partial charge on any atom is 0.416 e. The van der Waals surface area contributed by atoms with Crippen LogP contribution in [0.5, 0.6) is 0 Å². The van der Waals surface area contributed by atoms with E-state index in [2.05, 4.69) is 10.5 Å². The summed E-state index contributed by atoms with van der Waals surface area (Å²) in [5, 5.41) is 4.52. The molecule has 1 N–H and O–H groups in total. The number of hydrazone groups is 1. The number of hydrogen-bond donors (Lipinski definition) is 1. The van der Waals surface area contributed by atoms with Gasteiger partial charge in [0.15, 0.2) is 0 Å². The average Bonchev–Trinajstić information content (AvgIpc) is 2.92. The minimum absolute atomic E-state index is 0.217. The van der Waals surface area contributed by atoms with Gasteiger partial charge < -0.3 is 0 Å². The molecule has 4 aromatic carbocycles. The van der Waals surface area contributed by atoms with Crippen molar-refractivity contribution in [2.45, 2.75) is 6.18 Å². The SMILES string of the molecule is O=C(N/N=C\c1cccc(C(F)(F)F)c1)c1cc(-c2ccc(-c3ccccc3)cc2)nc2ccccc12. The van der Waals surface area contributed by atoms with Gasteiger partial charge in [-0.05, 0) is 41.0 Å². The number of fused-ring (bicyclic) bond motifs is 1. The molecule has 1 aromatic heterocycles. The van der Waals surface area contributed by atoms with Crippen LogP contribution in [0.25, 0.3) is 33.3 Å². The van der Waals surface area contributed by atoms with Crippen LogP contribution in [0.15, 0.2) is 114 Å². The molecule has 0 atom stereocenters. The van der Waals surface area contributed by atoms with Gasteiger partial charge in [-0.15, -0.1) is 0 Å². The molecule has 0 bridgehead atoms. The van der Waals surface area contributed by atoms with Gasteiger partial charge in [-0.1, -0.05) is 84.9 Å². The zero-order chi connectivity index (χ0) is 25.8. The number of pyridine rings is 1. The molecule has 1 amide bonds. The van der Waals surface area contributed by atoms with Crippen LogP contribution in [0.4, 0.5) is 13.2 Å². The Labute approximate surface area is 211 Å². The third-order valence-corrected chi connectivity index (χ3v) is 5.84. The van der Waals surface area contributed by atoms with Gasteiger partial charge in [0.25, 0.3) is 5.91 Å². The molecule has 0 aliphatic carbocycles. The van der Waals surface area contributed by atoms with Crippen molar-refractivity contribution < 1.29 is 18.0 Å². The fraction of sp³-hybridized carbons (Fsp3) is 0.0333. The second-order valence-electron chi connectivity index (χ2n) is 8.34. The lowest BCUT2D eigenvalue weighted by Gasteiger charge is -2.10. The van der Waals surface area contributed by atoms with E-state index in [-0.39, 0.29) is 5.56 Å². The number of alkyl halides is 3. The Morgan fingerprint density at radius 1 is 0.757 bits per heavy atom. The zero-order valence-electron chi connectivity index (χ0n) is 19.4. The first-order chi connectivity index (χ1) is 17.9. The number of nitrogens with one attached hydrogen (secondary N) is 1. The summed E-state index contributed by atoms with van der Waals surface area (Å²) >= 11 is 0. The molecular weight excluding hydrogens is 475 g/mol. The Balaban J connectivity index is 1.43. The normalized spacial score (nSPS) is 11.6. The lowest BCUT2D eigenvalue weighted by molar-refractivity contribution is -0.137. The summed E-state index contributed by atoms with van der Waals surface area (Å²) in [6.07, 6.45) is -3.28. The van der Waals surface area contributed by atoms with Gasteiger partial charge in [0.2, 0.25) is 0 Å². The number of para-hydroxylation sites is 1. The van der Waals surface area contributed by atoms with Crippen molar-refractivity contribution in [3.63, 3.8) is 0 Å². The number of carbonyl (C=O) groups excluding carboxylic acids is 1. The van der Waals surface area contributed by atoms with E-state index in [1.165, 1.54) is 18.3 Å². The maximum atomic E-state index is 13.1. The van der Waals surface area contributed by atoms with Crippen molar-refractivity contribution >= 4 is 23.0 Å². The fourth-order valence-electron chi connectivity index (χ4n) is 4.00. The molecule has 0 unspecified atom stereocenters. The highest BCUT2D eigenvalue weighted by Gasteiger charge is 2.30. The van der Waals surface area contributed by atoms with Crippen LogP contribution in [0.3, 0.4) is 0 Å². The topological polar surface area (TPSA) is 54.4 Å². The highest BCUT2D eigenvalue weighted by molar-refractivity contribution is 6.07. The lowest BCUT2D eigenvalue weighted by Crippen LogP contribution is -2.18. The summed E-state index contributed by atoms with van der Waals surface area (Å²) in [6.45, 7) is 0. The maximum absolute atomic E-state index is 13.1. The zero-order valence-corrected chi connectivity index (χ0v) is 19.4. The number of benzene rings is 4. The first-order valence-electron chi connectivity index (χ1n) is 11.4. The number of hydrogen-bond acceptors (Lipinski definition) is 3. The molecule has 5 aromatic rings. The van der Waals surface area contributed by atoms with Gasteiger partial charge in [0.1, 0.15) is 0 Å². The summed E-state index contributed by atoms with van der Waals surface area (Å²) < 4.78 is 38.9. The third kappa shape index (κ3) is 5.41. The van der Waals surface area contributed by atoms with E-state index < -0.39 is 17.6 Å². The van der Waals surface area contributed by atoms with Crippen molar-refractivity contribution in [1.29, 1.82) is 0 Å². The smallest absolute Gasteiger partial charge is 0.267 e. The van der Waals surface area contributed by atoms with Gasteiger partial charge in [-0.2, -0.15) is 18.3 Å². The largest absolute Gasteiger partial charge is 0.416 e. The predicted molar refractivity (Wildman–Crippen MR) is 139 cm³/mol. The summed E-state index contributed by atoms with van der Waals surface area (Å²) in [5.41, 5.74) is 6.47. The monoisotopic (exact) mass is 495 g/mol. The highest BCUT2D eigenvalue weighted by atomic mass is 19.4. The summed E-state index contributed by atoms with van der Waals surface area (Å²) in [5.74, 6) is -0.496. The van der Waals surface area contributed by atoms with Crippen LogP contribution < -0.4 is 5.43 Å². The van der Waals surface area contributed by atoms with E-state index in [9.17, 15) is 18.0 Å². The second kappa shape index (κ2) is 10.1. The van der Waals surface area contributed by atoms with E-state index in [1.807, 2.05) is 66.7 Å². The molecule has 37 heavy (non-hydrogen) atoms. The summed E-state index contributed by atoms with van der Waals surface area (Å²) in [6, 6.07) is 31.6. The lowest BCUT2D eigenvalue weighted by atomic mass is 10.0. The molecule has 5 rings (SSSR count). The Kier molecular flexibility index (Phi) is 6.51. The highest BCUT2D eigenvalue weighted by Crippen LogP contribution is 2.30. The van der Waals surface area contributed by atoms with Crippen molar-refractivity contribution in [3.8, 4) is 22.4 Å². The number of rotatable bonds is 5. The van der Waals surface area contributed by atoms with Crippen molar-refractivity contribution in [1.82, 2.24) is 10.4 Å². The number of nitrogens with zero attached hydrogens (tertiary/aromatic N) is 2. The molecular formula is C30H20F3N3O. The van der Waals surface area contributed by atoms with Crippen LogP contribution in [0, 0.1) is 0 Å². The Morgan fingerprint density at radius 3 is 2.19 bits per heavy atom. The molecule has 0 aliphatic heterocycles. The van der Waals surface area contributed by atoms with Crippen LogP contribution in [-0.4, -0.2) is 17.1 Å². The predicted octanol–water partition coefficient (Wildman–Crippen LogP) is 7.35. The van der Waals surface area contributed by atoms with Crippen molar-refractivity contribution in [3.05, 3.63) is 126 Å². The van der Waals surface area contributed by atoms with E-state index in [0.717, 1.165) is 28.8 Å². The van der Waals surface area contributed by atoms with Gasteiger partial charge in [0.05, 0.1) is 28.6 Å². The van der Waals surface area contributed by atoms with Gasteiger partial charge in [-0.25, -0.2) is 10.4 Å². The molecule has 0 saturated carbocycles. The average molecular weight is 496 g/mol. The van der Waals surface area contributed by atoms with Crippen LogP contribution in [0.1, 0.15) is 21.5 Å². The van der Waals surface area contributed by atoms with Gasteiger partial charge >= 0.3 is 6.18 Å². The Bertz CT molecular complexity index is 1590. The molecule has 4 nitrogen and oxygen atoms in total. The third-order valence-electron chi connectivity index (χ3n) is 5.84. The molecule has 1 heterocycles. The first kappa shape index (κ1) is 23.9. The van der Waals surface area contributed by atoms with E-state index >= 15 is 0 Å². The Morgan fingerprint density at radius 2 is 1.43 bits per heavy atom. The van der Waals surface area contributed by atoms with Gasteiger partial charge in [0, 0.05) is 10.9 Å². The van der Waals surface area contributed by atoms with Crippen molar-refractivity contribution in [2.75, 3.05) is 0 Å². The Hall–Kier alpha value is -4.78. The number of amides is 1. The number of aromatic nitrogens is 1. The van der Waals surface area contributed by atoms with E-state index in [1.54, 1.807) is 18.2 Å². The van der Waals surface area contributed by atoms with Crippen LogP contribution in [0.2, 0.25) is 0 Å². The van der Waals surface area contributed by atoms with E-state index in [0.29, 0.717) is 22.2 Å². The van der Waals surface area contributed by atoms with Gasteiger partial charge in [-0.3, -0.25) is 4.79 Å². The quantitative estimate of drug-likeness (QED) is 0.205. The molecule has 0 saturated heterocycles. The number of carbonyl (C=O) groups is 1. The van der Waals surface area contributed by atoms with E-state index in [4.69, 9.17) is 4.98 Å². The van der Waals surface area contributed by atoms with Crippen LogP contribution >= 0.6 is 0 Å². The van der Waals surface area contributed by atoms with Crippen LogP contribution in [-0.2, 0) is 6.18 Å². The molecule has 0 aliphatic rings. The summed E-state index contributed by atoms with van der Waals surface area (Å²) in [4.78, 5) is 17.8. The fourth-order valence-corrected chi connectivity index (χ4v) is 4.00. The molecule has 0 radical (unpaired) electrons. The second-order valence-corrected chi connectivity index (χ2v) is 8.34. The standard InChI is InChI=1S/C30H20F3N3O/c31-30(32,33)24-10-6-7-20(17-24)19-34-36-29(37)26-18-28(35-27-12-5-4-11-25(26)27)23-15-13-22(14-16-23)21-8-2-1-3-9-21/h1-19H,(H,36,37)/b34-19-. The molecule has 182 valence electrons.